The average Bonchev–Trinajstić information content (AvgIpc) is 3.83. The molecule has 55 heavy (non-hydrogen) atoms. The SMILES string of the molecule is CC1=[C-]C(C)(C)c2cc3c(cc21)-c1cc2c(cc1C3)C(C)(C)C=C2C.CCC1[C-]=CC(C(C)(C)C)=C1.Cl.Cl.Clc1ccc([CH]=[Zr]=[CH]c2ccc(Cl)cc2)cc1. The number of hydrogen-bond acceptors (Lipinski definition) is 0. The number of hydrogen-bond donors (Lipinski definition) is 0. The average molecular weight is 888 g/mol. The molecule has 5 heteroatoms. The van der Waals surface area contributed by atoms with Crippen molar-refractivity contribution in [3.05, 3.63) is 163 Å². The van der Waals surface area contributed by atoms with E-state index in [-0.39, 0.29) is 35.6 Å². The summed E-state index contributed by atoms with van der Waals surface area (Å²) in [5.41, 5.74) is 18.8. The third-order valence-electron chi connectivity index (χ3n) is 10.8. The van der Waals surface area contributed by atoms with Crippen molar-refractivity contribution in [2.75, 3.05) is 0 Å². The van der Waals surface area contributed by atoms with Crippen LogP contribution in [0, 0.1) is 23.5 Å². The van der Waals surface area contributed by atoms with Gasteiger partial charge in [0.25, 0.3) is 0 Å². The van der Waals surface area contributed by atoms with E-state index in [9.17, 15) is 0 Å². The van der Waals surface area contributed by atoms with E-state index >= 15 is 0 Å². The zero-order chi connectivity index (χ0) is 38.3. The second-order valence-corrected chi connectivity index (χ2v) is 20.1. The fraction of sp³-hybridized carbons (Fsp3) is 0.320. The number of rotatable bonds is 3. The van der Waals surface area contributed by atoms with Crippen LogP contribution in [0.15, 0.2) is 96.6 Å². The molecule has 0 saturated heterocycles. The van der Waals surface area contributed by atoms with Crippen LogP contribution < -0.4 is 0 Å². The molecular formula is C50H54Cl4Zr-2. The van der Waals surface area contributed by atoms with Crippen LogP contribution >= 0.6 is 48.0 Å². The molecule has 0 aliphatic heterocycles. The standard InChI is InChI=1S/C25H25.C11H17.2C7H5Cl.2ClH.Zr/c1-14-12-24(3,4)22-8-16-7-17-9-23-19(15(2)13-25(23,5)6)11-21(17)20(16)10-18(14)22;1-5-9-6-7-10(8-9)11(2,3)4;2*1-6-2-4-7(8)5-3-6;;;/h8-12H,7H2,1-6H3;7-9H,5H2,1-4H3;2*1-5H;2*1H;/q2*-1;;;;;. The van der Waals surface area contributed by atoms with Gasteiger partial charge >= 0.3 is 123 Å². The molecule has 0 N–H and O–H groups in total. The van der Waals surface area contributed by atoms with Crippen molar-refractivity contribution in [3.63, 3.8) is 0 Å². The van der Waals surface area contributed by atoms with E-state index in [0.29, 0.717) is 11.3 Å². The van der Waals surface area contributed by atoms with Crippen molar-refractivity contribution in [2.24, 2.45) is 11.3 Å². The summed E-state index contributed by atoms with van der Waals surface area (Å²) in [5.74, 6) is 0.573. The fourth-order valence-electron chi connectivity index (χ4n) is 7.84. The van der Waals surface area contributed by atoms with Crippen LogP contribution in [-0.4, -0.2) is 7.42 Å². The van der Waals surface area contributed by atoms with Gasteiger partial charge in [0.1, 0.15) is 0 Å². The molecular weight excluding hydrogens is 834 g/mol. The van der Waals surface area contributed by atoms with Gasteiger partial charge < -0.3 is 0 Å². The normalized spacial score (nSPS) is 17.1. The summed E-state index contributed by atoms with van der Waals surface area (Å²) < 4.78 is 4.66. The molecule has 0 aromatic heterocycles. The molecule has 0 saturated carbocycles. The third-order valence-corrected chi connectivity index (χ3v) is 13.8. The van der Waals surface area contributed by atoms with Gasteiger partial charge in [-0.3, -0.25) is 12.2 Å². The molecule has 4 aromatic carbocycles. The summed E-state index contributed by atoms with van der Waals surface area (Å²) in [4.78, 5) is 0. The Morgan fingerprint density at radius 3 is 1.73 bits per heavy atom. The number of halogens is 4. The van der Waals surface area contributed by atoms with Crippen LogP contribution in [0.25, 0.3) is 22.3 Å². The van der Waals surface area contributed by atoms with E-state index in [1.54, 1.807) is 0 Å². The number of benzene rings is 4. The Kier molecular flexibility index (Phi) is 14.9. The van der Waals surface area contributed by atoms with Gasteiger partial charge in [0.2, 0.25) is 0 Å². The molecule has 0 bridgehead atoms. The van der Waals surface area contributed by atoms with Crippen molar-refractivity contribution in [3.8, 4) is 11.1 Å². The topological polar surface area (TPSA) is 0 Å². The van der Waals surface area contributed by atoms with Gasteiger partial charge in [0.15, 0.2) is 0 Å². The Morgan fingerprint density at radius 2 is 1.25 bits per heavy atom. The molecule has 4 aliphatic carbocycles. The van der Waals surface area contributed by atoms with Gasteiger partial charge in [-0.25, -0.2) is 11.6 Å². The molecule has 1 unspecified atom stereocenters. The molecule has 0 radical (unpaired) electrons. The van der Waals surface area contributed by atoms with Gasteiger partial charge in [-0.1, -0.05) is 104 Å². The Morgan fingerprint density at radius 1 is 0.745 bits per heavy atom. The Balaban J connectivity index is 0.000000196. The van der Waals surface area contributed by atoms with Crippen LogP contribution in [0.3, 0.4) is 0 Å². The van der Waals surface area contributed by atoms with E-state index < -0.39 is 22.3 Å². The van der Waals surface area contributed by atoms with Gasteiger partial charge in [-0.15, -0.1) is 36.4 Å². The molecule has 4 aliphatic rings. The van der Waals surface area contributed by atoms with Gasteiger partial charge in [0, 0.05) is 5.41 Å². The first-order valence-electron chi connectivity index (χ1n) is 18.9. The molecule has 288 valence electrons. The van der Waals surface area contributed by atoms with Crippen LogP contribution in [-0.2, 0) is 39.5 Å². The molecule has 0 amide bonds. The Hall–Kier alpha value is -2.38. The minimum atomic E-state index is -0.623. The van der Waals surface area contributed by atoms with Gasteiger partial charge in [-0.05, 0) is 58.4 Å². The number of fused-ring (bicyclic) bond motifs is 5. The molecule has 8 rings (SSSR count). The number of allylic oxidation sites excluding steroid dienone is 8. The van der Waals surface area contributed by atoms with Crippen LogP contribution in [0.1, 0.15) is 120 Å². The van der Waals surface area contributed by atoms with Gasteiger partial charge in [0.05, 0.1) is 0 Å². The quantitative estimate of drug-likeness (QED) is 0.158. The molecule has 0 heterocycles. The monoisotopic (exact) mass is 884 g/mol. The van der Waals surface area contributed by atoms with Crippen molar-refractivity contribution in [1.29, 1.82) is 0 Å². The summed E-state index contributed by atoms with van der Waals surface area (Å²) in [7, 11) is 0. The molecule has 0 fully saturated rings. The summed E-state index contributed by atoms with van der Waals surface area (Å²) in [6.07, 6.45) is 16.1. The zero-order valence-electron chi connectivity index (χ0n) is 33.9. The van der Waals surface area contributed by atoms with E-state index in [4.69, 9.17) is 23.2 Å². The van der Waals surface area contributed by atoms with Crippen LogP contribution in [0.2, 0.25) is 10.0 Å². The summed E-state index contributed by atoms with van der Waals surface area (Å²) in [5, 5.41) is 1.57. The van der Waals surface area contributed by atoms with Crippen molar-refractivity contribution < 1.29 is 22.3 Å². The summed E-state index contributed by atoms with van der Waals surface area (Å²) >= 11 is 11.0. The Labute approximate surface area is 364 Å². The molecule has 0 nitrogen and oxygen atoms in total. The fourth-order valence-corrected chi connectivity index (χ4v) is 10.2. The van der Waals surface area contributed by atoms with E-state index in [2.05, 4.69) is 156 Å². The van der Waals surface area contributed by atoms with E-state index in [1.807, 2.05) is 24.3 Å². The first-order chi connectivity index (χ1) is 24.9. The van der Waals surface area contributed by atoms with E-state index in [0.717, 1.165) is 16.5 Å². The molecule has 4 aromatic rings. The first kappa shape index (κ1) is 45.3. The minimum absolute atomic E-state index is 0. The van der Waals surface area contributed by atoms with Gasteiger partial charge in [-0.2, -0.15) is 17.2 Å². The van der Waals surface area contributed by atoms with E-state index in [1.165, 1.54) is 78.8 Å². The van der Waals surface area contributed by atoms with Crippen molar-refractivity contribution in [2.45, 2.75) is 92.9 Å². The van der Waals surface area contributed by atoms with Crippen LogP contribution in [0.4, 0.5) is 0 Å². The first-order valence-corrected chi connectivity index (χ1v) is 22.5. The van der Waals surface area contributed by atoms with Crippen LogP contribution in [0.5, 0.6) is 0 Å². The maximum atomic E-state index is 5.84. The second kappa shape index (κ2) is 18.0. The Bertz CT molecular complexity index is 2100. The summed E-state index contributed by atoms with van der Waals surface area (Å²) in [6.45, 7) is 22.6. The molecule has 1 atom stereocenters. The third kappa shape index (κ3) is 10.4. The van der Waals surface area contributed by atoms with Crippen molar-refractivity contribution >= 4 is 66.6 Å². The second-order valence-electron chi connectivity index (χ2n) is 17.0. The van der Waals surface area contributed by atoms with Crippen molar-refractivity contribution in [1.82, 2.24) is 0 Å². The zero-order valence-corrected chi connectivity index (χ0v) is 39.5. The summed E-state index contributed by atoms with van der Waals surface area (Å²) in [6, 6.07) is 25.7. The predicted molar refractivity (Wildman–Crippen MR) is 244 cm³/mol. The predicted octanol–water partition coefficient (Wildman–Crippen LogP) is 14.7. The molecule has 0 spiro atoms. The maximum absolute atomic E-state index is 5.84.